The van der Waals surface area contributed by atoms with E-state index in [1.54, 1.807) is 12.4 Å². The quantitative estimate of drug-likeness (QED) is 0.568. The topological polar surface area (TPSA) is 25.8 Å². The Bertz CT molecular complexity index is 267. The van der Waals surface area contributed by atoms with Crippen LogP contribution in [0.15, 0.2) is 18.5 Å². The van der Waals surface area contributed by atoms with Gasteiger partial charge in [0.15, 0.2) is 0 Å². The zero-order valence-electron chi connectivity index (χ0n) is 8.70. The summed E-state index contributed by atoms with van der Waals surface area (Å²) in [7, 11) is 0. The molecule has 0 atom stereocenters. The van der Waals surface area contributed by atoms with Gasteiger partial charge >= 0.3 is 0 Å². The SMILES string of the molecule is CC.CC(C)C#Cc1ccnnc1. The summed E-state index contributed by atoms with van der Waals surface area (Å²) in [6.07, 6.45) is 3.31. The van der Waals surface area contributed by atoms with Crippen molar-refractivity contribution in [1.29, 1.82) is 0 Å². The highest BCUT2D eigenvalue weighted by Gasteiger charge is 1.84. The van der Waals surface area contributed by atoms with E-state index in [9.17, 15) is 0 Å². The lowest BCUT2D eigenvalue weighted by Crippen LogP contribution is -1.82. The van der Waals surface area contributed by atoms with Gasteiger partial charge in [-0.1, -0.05) is 39.5 Å². The zero-order chi connectivity index (χ0) is 10.1. The van der Waals surface area contributed by atoms with Crippen molar-refractivity contribution in [3.8, 4) is 11.8 Å². The molecule has 0 aromatic carbocycles. The Morgan fingerprint density at radius 2 is 1.92 bits per heavy atom. The van der Waals surface area contributed by atoms with Crippen molar-refractivity contribution in [3.05, 3.63) is 24.0 Å². The lowest BCUT2D eigenvalue weighted by molar-refractivity contribution is 0.866. The number of rotatable bonds is 0. The number of hydrogen-bond donors (Lipinski definition) is 0. The molecule has 0 saturated carbocycles. The van der Waals surface area contributed by atoms with Crippen molar-refractivity contribution in [1.82, 2.24) is 10.2 Å². The van der Waals surface area contributed by atoms with E-state index in [0.717, 1.165) is 5.56 Å². The second-order valence-corrected chi connectivity index (χ2v) is 2.56. The summed E-state index contributed by atoms with van der Waals surface area (Å²) in [6, 6.07) is 1.85. The highest BCUT2D eigenvalue weighted by Crippen LogP contribution is 1.92. The molecule has 0 amide bonds. The molecule has 0 aliphatic carbocycles. The molecular formula is C11H16N2. The predicted octanol–water partition coefficient (Wildman–Crippen LogP) is 2.51. The minimum Gasteiger partial charge on any atom is -0.159 e. The van der Waals surface area contributed by atoms with E-state index in [1.807, 2.05) is 19.9 Å². The standard InChI is InChI=1S/C9H10N2.C2H6/c1-8(2)3-4-9-5-6-10-11-7-9;1-2/h5-8H,1-2H3;1-2H3. The van der Waals surface area contributed by atoms with Crippen LogP contribution >= 0.6 is 0 Å². The van der Waals surface area contributed by atoms with Crippen molar-refractivity contribution < 1.29 is 0 Å². The predicted molar refractivity (Wildman–Crippen MR) is 55.1 cm³/mol. The molecule has 0 N–H and O–H groups in total. The van der Waals surface area contributed by atoms with Crippen molar-refractivity contribution in [2.24, 2.45) is 5.92 Å². The van der Waals surface area contributed by atoms with Crippen LogP contribution in [0.1, 0.15) is 33.3 Å². The van der Waals surface area contributed by atoms with E-state index in [0.29, 0.717) is 5.92 Å². The average Bonchev–Trinajstić information content (AvgIpc) is 2.19. The van der Waals surface area contributed by atoms with Gasteiger partial charge in [0.25, 0.3) is 0 Å². The summed E-state index contributed by atoms with van der Waals surface area (Å²) in [6.45, 7) is 8.11. The van der Waals surface area contributed by atoms with Gasteiger partial charge in [0, 0.05) is 11.5 Å². The van der Waals surface area contributed by atoms with E-state index in [2.05, 4.69) is 35.9 Å². The molecule has 13 heavy (non-hydrogen) atoms. The summed E-state index contributed by atoms with van der Waals surface area (Å²) >= 11 is 0. The van der Waals surface area contributed by atoms with Gasteiger partial charge in [-0.2, -0.15) is 10.2 Å². The minimum absolute atomic E-state index is 0.406. The summed E-state index contributed by atoms with van der Waals surface area (Å²) in [4.78, 5) is 0. The van der Waals surface area contributed by atoms with Gasteiger partial charge in [0.05, 0.1) is 12.4 Å². The fourth-order valence-corrected chi connectivity index (χ4v) is 0.592. The van der Waals surface area contributed by atoms with Gasteiger partial charge in [-0.05, 0) is 6.07 Å². The monoisotopic (exact) mass is 176 g/mol. The Morgan fingerprint density at radius 1 is 1.23 bits per heavy atom. The second-order valence-electron chi connectivity index (χ2n) is 2.56. The van der Waals surface area contributed by atoms with Crippen LogP contribution in [0.3, 0.4) is 0 Å². The van der Waals surface area contributed by atoms with Gasteiger partial charge in [-0.3, -0.25) is 0 Å². The Hall–Kier alpha value is -1.36. The first-order chi connectivity index (χ1) is 6.29. The van der Waals surface area contributed by atoms with Crippen LogP contribution < -0.4 is 0 Å². The number of hydrogen-bond acceptors (Lipinski definition) is 2. The smallest absolute Gasteiger partial charge is 0.0652 e. The van der Waals surface area contributed by atoms with E-state index in [-0.39, 0.29) is 0 Å². The molecule has 1 rings (SSSR count). The fraction of sp³-hybridized carbons (Fsp3) is 0.455. The Morgan fingerprint density at radius 3 is 2.38 bits per heavy atom. The van der Waals surface area contributed by atoms with Gasteiger partial charge in [0.1, 0.15) is 0 Å². The van der Waals surface area contributed by atoms with Crippen LogP contribution in [0.2, 0.25) is 0 Å². The number of aromatic nitrogens is 2. The molecule has 0 saturated heterocycles. The Kier molecular flexibility index (Phi) is 6.53. The third-order valence-electron chi connectivity index (χ3n) is 1.09. The van der Waals surface area contributed by atoms with Gasteiger partial charge in [-0.15, -0.1) is 0 Å². The molecule has 0 fully saturated rings. The van der Waals surface area contributed by atoms with Gasteiger partial charge in [-0.25, -0.2) is 0 Å². The zero-order valence-corrected chi connectivity index (χ0v) is 8.70. The minimum atomic E-state index is 0.406. The third kappa shape index (κ3) is 5.86. The van der Waals surface area contributed by atoms with Crippen LogP contribution in [0.25, 0.3) is 0 Å². The maximum absolute atomic E-state index is 3.71. The first-order valence-electron chi connectivity index (χ1n) is 4.57. The second kappa shape index (κ2) is 7.30. The lowest BCUT2D eigenvalue weighted by Gasteiger charge is -1.87. The maximum atomic E-state index is 3.71. The molecule has 0 aliphatic heterocycles. The molecule has 0 radical (unpaired) electrons. The first-order valence-corrected chi connectivity index (χ1v) is 4.57. The molecule has 0 bridgehead atoms. The van der Waals surface area contributed by atoms with Crippen LogP contribution in [-0.2, 0) is 0 Å². The summed E-state index contributed by atoms with van der Waals surface area (Å²) in [5.41, 5.74) is 0.925. The molecule has 1 heterocycles. The highest BCUT2D eigenvalue weighted by molar-refractivity contribution is 5.30. The largest absolute Gasteiger partial charge is 0.159 e. The Labute approximate surface area is 80.4 Å². The summed E-state index contributed by atoms with van der Waals surface area (Å²) < 4.78 is 0. The van der Waals surface area contributed by atoms with Crippen LogP contribution in [-0.4, -0.2) is 10.2 Å². The molecule has 0 aliphatic rings. The van der Waals surface area contributed by atoms with Crippen molar-refractivity contribution >= 4 is 0 Å². The summed E-state index contributed by atoms with van der Waals surface area (Å²) in [5, 5.41) is 7.36. The molecule has 1 aromatic heterocycles. The molecular weight excluding hydrogens is 160 g/mol. The Balaban J connectivity index is 0.000000671. The molecule has 0 spiro atoms. The van der Waals surface area contributed by atoms with E-state index in [4.69, 9.17) is 0 Å². The lowest BCUT2D eigenvalue weighted by atomic mass is 10.2. The number of nitrogens with zero attached hydrogens (tertiary/aromatic N) is 2. The normalized spacial score (nSPS) is 8.08. The molecule has 70 valence electrons. The van der Waals surface area contributed by atoms with Crippen molar-refractivity contribution in [2.75, 3.05) is 0 Å². The van der Waals surface area contributed by atoms with Crippen molar-refractivity contribution in [2.45, 2.75) is 27.7 Å². The molecule has 2 nitrogen and oxygen atoms in total. The molecule has 0 unspecified atom stereocenters. The maximum Gasteiger partial charge on any atom is 0.0652 e. The molecule has 2 heteroatoms. The summed E-state index contributed by atoms with van der Waals surface area (Å²) in [5.74, 6) is 6.44. The van der Waals surface area contributed by atoms with Crippen molar-refractivity contribution in [3.63, 3.8) is 0 Å². The highest BCUT2D eigenvalue weighted by atomic mass is 15.1. The van der Waals surface area contributed by atoms with Crippen LogP contribution in [0, 0.1) is 17.8 Å². The van der Waals surface area contributed by atoms with E-state index < -0.39 is 0 Å². The van der Waals surface area contributed by atoms with Crippen LogP contribution in [0.4, 0.5) is 0 Å². The fourth-order valence-electron chi connectivity index (χ4n) is 0.592. The third-order valence-corrected chi connectivity index (χ3v) is 1.09. The average molecular weight is 176 g/mol. The van der Waals surface area contributed by atoms with Crippen LogP contribution in [0.5, 0.6) is 0 Å². The van der Waals surface area contributed by atoms with Gasteiger partial charge < -0.3 is 0 Å². The first kappa shape index (κ1) is 11.6. The molecule has 1 aromatic rings. The van der Waals surface area contributed by atoms with E-state index in [1.165, 1.54) is 0 Å². The van der Waals surface area contributed by atoms with E-state index >= 15 is 0 Å². The van der Waals surface area contributed by atoms with Gasteiger partial charge in [0.2, 0.25) is 0 Å².